The monoisotopic (exact) mass is 305 g/mol. The molecule has 8 nitrogen and oxygen atoms in total. The highest BCUT2D eigenvalue weighted by Gasteiger charge is 2.36. The van der Waals surface area contributed by atoms with Gasteiger partial charge in [0.15, 0.2) is 6.04 Å². The van der Waals surface area contributed by atoms with Crippen molar-refractivity contribution in [3.05, 3.63) is 35.4 Å². The fraction of sp³-hybridized carbons (Fsp3) is 0.250. The first-order valence-electron chi connectivity index (χ1n) is 6.20. The van der Waals surface area contributed by atoms with Crippen LogP contribution in [0.15, 0.2) is 24.3 Å². The van der Waals surface area contributed by atoms with Crippen LogP contribution in [0, 0.1) is 0 Å². The van der Waals surface area contributed by atoms with Gasteiger partial charge in [-0.25, -0.2) is 9.59 Å². The van der Waals surface area contributed by atoms with Crippen LogP contribution in [-0.4, -0.2) is 43.4 Å². The third kappa shape index (κ3) is 2.55. The number of urea groups is 1. The number of carbonyl (C=O) groups is 2. The molecular formula is C12H11N5O3S. The van der Waals surface area contributed by atoms with E-state index >= 15 is 0 Å². The Hall–Kier alpha value is -2.55. The van der Waals surface area contributed by atoms with Crippen LogP contribution in [-0.2, 0) is 11.2 Å². The number of carbonyl (C=O) groups excluding carboxylic acids is 1. The number of fused-ring (bicyclic) bond motifs is 1. The summed E-state index contributed by atoms with van der Waals surface area (Å²) in [5.74, 6) is -1.06. The van der Waals surface area contributed by atoms with Gasteiger partial charge in [-0.2, -0.15) is 0 Å². The molecule has 21 heavy (non-hydrogen) atoms. The second-order valence-corrected chi connectivity index (χ2v) is 5.21. The van der Waals surface area contributed by atoms with E-state index in [1.165, 1.54) is 4.90 Å². The van der Waals surface area contributed by atoms with Gasteiger partial charge in [-0.1, -0.05) is 33.9 Å². The van der Waals surface area contributed by atoms with Gasteiger partial charge in [0.25, 0.3) is 0 Å². The molecule has 1 aliphatic heterocycles. The van der Waals surface area contributed by atoms with Gasteiger partial charge < -0.3 is 10.0 Å². The molecule has 3 rings (SSSR count). The lowest BCUT2D eigenvalue weighted by atomic mass is 9.93. The lowest BCUT2D eigenvalue weighted by molar-refractivity contribution is -0.142. The minimum absolute atomic E-state index is 0.239. The van der Waals surface area contributed by atoms with Crippen LogP contribution in [0.5, 0.6) is 0 Å². The first-order chi connectivity index (χ1) is 10.2. The summed E-state index contributed by atoms with van der Waals surface area (Å²) < 4.78 is 3.54. The molecule has 0 aliphatic carbocycles. The third-order valence-corrected chi connectivity index (χ3v) is 3.80. The largest absolute Gasteiger partial charge is 0.479 e. The van der Waals surface area contributed by atoms with E-state index < -0.39 is 18.0 Å². The Morgan fingerprint density at radius 3 is 2.90 bits per heavy atom. The minimum atomic E-state index is -1.06. The second-order valence-electron chi connectivity index (χ2n) is 4.48. The Bertz CT molecular complexity index is 675. The lowest BCUT2D eigenvalue weighted by Gasteiger charge is -2.34. The van der Waals surface area contributed by atoms with Crippen molar-refractivity contribution in [2.24, 2.45) is 0 Å². The number of amides is 2. The van der Waals surface area contributed by atoms with E-state index in [1.54, 1.807) is 12.1 Å². The quantitative estimate of drug-likeness (QED) is 0.861. The molecule has 108 valence electrons. The van der Waals surface area contributed by atoms with Crippen LogP contribution >= 0.6 is 11.5 Å². The Morgan fingerprint density at radius 2 is 2.19 bits per heavy atom. The van der Waals surface area contributed by atoms with Gasteiger partial charge in [0.05, 0.1) is 0 Å². The number of carboxylic acids is 1. The van der Waals surface area contributed by atoms with E-state index in [1.807, 2.05) is 12.1 Å². The summed E-state index contributed by atoms with van der Waals surface area (Å²) in [5.41, 5.74) is 1.59. The first kappa shape index (κ1) is 13.4. The molecule has 0 saturated carbocycles. The number of rotatable bonds is 2. The van der Waals surface area contributed by atoms with Crippen molar-refractivity contribution >= 4 is 28.7 Å². The number of hydrogen-bond acceptors (Lipinski definition) is 6. The number of nitrogens with one attached hydrogen (secondary N) is 1. The zero-order valence-electron chi connectivity index (χ0n) is 10.8. The standard InChI is InChI=1S/C12H11N5O3S/c18-10(19)9-8-4-2-1-3-7(8)5-6-17(9)12(20)13-11-14-15-16-21-11/h1-4,9H,5-6H2,(H,18,19)(H,13,14,16,20). The number of carboxylic acid groups (broad SMARTS) is 1. The fourth-order valence-electron chi connectivity index (χ4n) is 2.40. The van der Waals surface area contributed by atoms with Crippen LogP contribution in [0.25, 0.3) is 0 Å². The van der Waals surface area contributed by atoms with E-state index in [-0.39, 0.29) is 5.13 Å². The van der Waals surface area contributed by atoms with Gasteiger partial charge in [0.1, 0.15) is 0 Å². The molecule has 0 fully saturated rings. The highest BCUT2D eigenvalue weighted by Crippen LogP contribution is 2.30. The zero-order valence-corrected chi connectivity index (χ0v) is 11.6. The Labute approximate surface area is 123 Å². The second kappa shape index (κ2) is 5.44. The molecule has 0 radical (unpaired) electrons. The lowest BCUT2D eigenvalue weighted by Crippen LogP contribution is -2.45. The van der Waals surface area contributed by atoms with E-state index in [0.29, 0.717) is 18.5 Å². The topological polar surface area (TPSA) is 108 Å². The van der Waals surface area contributed by atoms with Crippen molar-refractivity contribution in [1.82, 2.24) is 19.7 Å². The third-order valence-electron chi connectivity index (χ3n) is 3.29. The van der Waals surface area contributed by atoms with Gasteiger partial charge in [0, 0.05) is 18.1 Å². The molecular weight excluding hydrogens is 294 g/mol. The average Bonchev–Trinajstić information content (AvgIpc) is 2.98. The summed E-state index contributed by atoms with van der Waals surface area (Å²) in [4.78, 5) is 25.1. The van der Waals surface area contributed by atoms with Gasteiger partial charge in [0.2, 0.25) is 5.13 Å². The molecule has 1 unspecified atom stereocenters. The van der Waals surface area contributed by atoms with E-state index in [0.717, 1.165) is 17.1 Å². The Kier molecular flexibility index (Phi) is 3.48. The number of nitrogens with zero attached hydrogens (tertiary/aromatic N) is 4. The average molecular weight is 305 g/mol. The van der Waals surface area contributed by atoms with Crippen LogP contribution in [0.3, 0.4) is 0 Å². The fourth-order valence-corrected chi connectivity index (χ4v) is 2.75. The van der Waals surface area contributed by atoms with Crippen molar-refractivity contribution < 1.29 is 14.7 Å². The predicted octanol–water partition coefficient (Wildman–Crippen LogP) is 1.15. The van der Waals surface area contributed by atoms with Crippen LogP contribution in [0.1, 0.15) is 17.2 Å². The number of benzene rings is 1. The zero-order chi connectivity index (χ0) is 14.8. The molecule has 2 amide bonds. The summed E-state index contributed by atoms with van der Waals surface area (Å²) >= 11 is 0.932. The van der Waals surface area contributed by atoms with Crippen LogP contribution < -0.4 is 5.32 Å². The molecule has 2 aromatic rings. The van der Waals surface area contributed by atoms with Gasteiger partial charge in [-0.15, -0.1) is 0 Å². The highest BCUT2D eigenvalue weighted by atomic mass is 32.1. The van der Waals surface area contributed by atoms with Crippen molar-refractivity contribution in [2.45, 2.75) is 12.5 Å². The van der Waals surface area contributed by atoms with Crippen molar-refractivity contribution in [3.8, 4) is 0 Å². The molecule has 1 aromatic carbocycles. The number of hydrogen-bond donors (Lipinski definition) is 2. The smallest absolute Gasteiger partial charge is 0.331 e. The highest BCUT2D eigenvalue weighted by molar-refractivity contribution is 7.09. The number of aliphatic carboxylic acids is 1. The van der Waals surface area contributed by atoms with Crippen LogP contribution in [0.2, 0.25) is 0 Å². The molecule has 0 bridgehead atoms. The molecule has 0 spiro atoms. The molecule has 9 heteroatoms. The minimum Gasteiger partial charge on any atom is -0.479 e. The van der Waals surface area contributed by atoms with Gasteiger partial charge in [-0.05, 0) is 22.8 Å². The molecule has 1 atom stereocenters. The van der Waals surface area contributed by atoms with E-state index in [9.17, 15) is 14.7 Å². The van der Waals surface area contributed by atoms with Gasteiger partial charge in [-0.3, -0.25) is 5.32 Å². The van der Waals surface area contributed by atoms with Crippen molar-refractivity contribution in [2.75, 3.05) is 11.9 Å². The Morgan fingerprint density at radius 1 is 1.38 bits per heavy atom. The van der Waals surface area contributed by atoms with Crippen LogP contribution in [0.4, 0.5) is 9.93 Å². The maximum absolute atomic E-state index is 12.3. The summed E-state index contributed by atoms with van der Waals surface area (Å²) in [6.45, 7) is 0.325. The van der Waals surface area contributed by atoms with E-state index in [4.69, 9.17) is 0 Å². The maximum atomic E-state index is 12.3. The maximum Gasteiger partial charge on any atom is 0.331 e. The number of aromatic nitrogens is 3. The summed E-state index contributed by atoms with van der Waals surface area (Å²) in [5, 5.41) is 19.2. The Balaban J connectivity index is 1.88. The predicted molar refractivity (Wildman–Crippen MR) is 74.0 cm³/mol. The number of anilines is 1. The first-order valence-corrected chi connectivity index (χ1v) is 6.97. The summed E-state index contributed by atoms with van der Waals surface area (Å²) in [6, 6.07) is 5.73. The normalized spacial score (nSPS) is 17.1. The SMILES string of the molecule is O=C(O)C1c2ccccc2CCN1C(=O)Nc1nnns1. The molecule has 1 aliphatic rings. The molecule has 2 heterocycles. The van der Waals surface area contributed by atoms with Gasteiger partial charge >= 0.3 is 12.0 Å². The summed E-state index contributed by atoms with van der Waals surface area (Å²) in [6.07, 6.45) is 0.613. The summed E-state index contributed by atoms with van der Waals surface area (Å²) in [7, 11) is 0. The van der Waals surface area contributed by atoms with Crippen molar-refractivity contribution in [3.63, 3.8) is 0 Å². The van der Waals surface area contributed by atoms with Crippen molar-refractivity contribution in [1.29, 1.82) is 0 Å². The molecule has 1 aromatic heterocycles. The molecule has 2 N–H and O–H groups in total. The molecule has 0 saturated heterocycles. The van der Waals surface area contributed by atoms with E-state index in [2.05, 4.69) is 20.1 Å².